The van der Waals surface area contributed by atoms with Crippen molar-refractivity contribution in [3.63, 3.8) is 0 Å². The van der Waals surface area contributed by atoms with E-state index in [1.54, 1.807) is 12.4 Å². The number of carbonyl (C=O) groups is 1. The van der Waals surface area contributed by atoms with Crippen molar-refractivity contribution in [3.05, 3.63) is 65.8 Å². The van der Waals surface area contributed by atoms with Gasteiger partial charge in [-0.1, -0.05) is 22.9 Å². The molecule has 1 aromatic carbocycles. The predicted molar refractivity (Wildman–Crippen MR) is 100.0 cm³/mol. The van der Waals surface area contributed by atoms with Crippen LogP contribution >= 0.6 is 0 Å². The number of likely N-dealkylation sites (N-methyl/N-ethyl adjacent to an activating group) is 1. The Kier molecular flexibility index (Phi) is 4.68. The second kappa shape index (κ2) is 7.28. The maximum atomic E-state index is 12.5. The van der Waals surface area contributed by atoms with Crippen molar-refractivity contribution in [1.82, 2.24) is 25.3 Å². The van der Waals surface area contributed by atoms with Crippen molar-refractivity contribution >= 4 is 5.91 Å². The molecule has 138 valence electrons. The van der Waals surface area contributed by atoms with Crippen LogP contribution in [0, 0.1) is 6.92 Å². The number of amides is 1. The normalized spacial score (nSPS) is 19.9. The summed E-state index contributed by atoms with van der Waals surface area (Å²) in [5.74, 6) is 1.06. The second-order valence-electron chi connectivity index (χ2n) is 6.92. The van der Waals surface area contributed by atoms with Crippen molar-refractivity contribution < 1.29 is 9.32 Å². The molecule has 7 nitrogen and oxygen atoms in total. The summed E-state index contributed by atoms with van der Waals surface area (Å²) in [5, 5.41) is 7.18. The number of nitrogens with one attached hydrogen (secondary N) is 1. The SMILES string of the molecule is Cc1ccc(C(=O)N[C@@H]2C[C@@H](c3nc(-c4ccncc4)no3)N(C)C2)cc1. The van der Waals surface area contributed by atoms with Crippen LogP contribution in [-0.2, 0) is 0 Å². The lowest BCUT2D eigenvalue weighted by atomic mass is 10.1. The molecule has 3 aromatic rings. The maximum absolute atomic E-state index is 12.5. The average Bonchev–Trinajstić information content (AvgIpc) is 3.29. The number of aryl methyl sites for hydroxylation is 1. The Bertz CT molecular complexity index is 923. The molecule has 1 aliphatic rings. The van der Waals surface area contributed by atoms with Gasteiger partial charge in [0.25, 0.3) is 5.91 Å². The summed E-state index contributed by atoms with van der Waals surface area (Å²) in [6.07, 6.45) is 4.12. The molecule has 1 amide bonds. The number of nitrogens with zero attached hydrogens (tertiary/aromatic N) is 4. The van der Waals surface area contributed by atoms with Crippen LogP contribution in [0.25, 0.3) is 11.4 Å². The molecule has 0 saturated carbocycles. The van der Waals surface area contributed by atoms with Crippen LogP contribution in [0.15, 0.2) is 53.3 Å². The topological polar surface area (TPSA) is 84.2 Å². The first-order chi connectivity index (χ1) is 13.1. The highest BCUT2D eigenvalue weighted by molar-refractivity contribution is 5.94. The number of hydrogen-bond acceptors (Lipinski definition) is 6. The van der Waals surface area contributed by atoms with Crippen LogP contribution in [0.1, 0.15) is 34.3 Å². The fourth-order valence-electron chi connectivity index (χ4n) is 3.36. The van der Waals surface area contributed by atoms with Gasteiger partial charge in [-0.05, 0) is 44.7 Å². The minimum Gasteiger partial charge on any atom is -0.348 e. The number of hydrogen-bond donors (Lipinski definition) is 1. The highest BCUT2D eigenvalue weighted by Crippen LogP contribution is 2.31. The Morgan fingerprint density at radius 2 is 1.93 bits per heavy atom. The van der Waals surface area contributed by atoms with Gasteiger partial charge in [0, 0.05) is 36.1 Å². The number of carbonyl (C=O) groups excluding carboxylic acids is 1. The number of pyridine rings is 1. The molecule has 1 fully saturated rings. The van der Waals surface area contributed by atoms with Gasteiger partial charge in [-0.3, -0.25) is 14.7 Å². The van der Waals surface area contributed by atoms with Crippen LogP contribution in [-0.4, -0.2) is 45.6 Å². The van der Waals surface area contributed by atoms with Crippen molar-refractivity contribution in [2.24, 2.45) is 0 Å². The van der Waals surface area contributed by atoms with E-state index in [0.717, 1.165) is 24.1 Å². The van der Waals surface area contributed by atoms with E-state index in [0.29, 0.717) is 17.3 Å². The van der Waals surface area contributed by atoms with Gasteiger partial charge in [0.2, 0.25) is 11.7 Å². The number of aromatic nitrogens is 3. The largest absolute Gasteiger partial charge is 0.348 e. The fraction of sp³-hybridized carbons (Fsp3) is 0.300. The predicted octanol–water partition coefficient (Wildman–Crippen LogP) is 2.62. The van der Waals surface area contributed by atoms with Crippen LogP contribution in [0.4, 0.5) is 0 Å². The Balaban J connectivity index is 1.43. The molecule has 27 heavy (non-hydrogen) atoms. The Labute approximate surface area is 157 Å². The molecule has 1 saturated heterocycles. The molecule has 1 N–H and O–H groups in total. The summed E-state index contributed by atoms with van der Waals surface area (Å²) in [6, 6.07) is 11.3. The fourth-order valence-corrected chi connectivity index (χ4v) is 3.36. The molecular formula is C20H21N5O2. The summed E-state index contributed by atoms with van der Waals surface area (Å²) >= 11 is 0. The molecule has 0 aliphatic carbocycles. The first kappa shape index (κ1) is 17.4. The van der Waals surface area contributed by atoms with Gasteiger partial charge in [0.1, 0.15) is 0 Å². The summed E-state index contributed by atoms with van der Waals surface area (Å²) < 4.78 is 5.49. The monoisotopic (exact) mass is 363 g/mol. The molecule has 4 rings (SSSR count). The molecule has 0 bridgehead atoms. The third kappa shape index (κ3) is 3.73. The van der Waals surface area contributed by atoms with Gasteiger partial charge < -0.3 is 9.84 Å². The quantitative estimate of drug-likeness (QED) is 0.767. The zero-order chi connectivity index (χ0) is 18.8. The molecule has 7 heteroatoms. The van der Waals surface area contributed by atoms with Crippen molar-refractivity contribution in [3.8, 4) is 11.4 Å². The van der Waals surface area contributed by atoms with Gasteiger partial charge in [0.15, 0.2) is 0 Å². The zero-order valence-electron chi connectivity index (χ0n) is 15.3. The molecule has 0 spiro atoms. The lowest BCUT2D eigenvalue weighted by Gasteiger charge is -2.14. The Hall–Kier alpha value is -3.06. The highest BCUT2D eigenvalue weighted by Gasteiger charge is 2.35. The molecule has 2 aromatic heterocycles. The lowest BCUT2D eigenvalue weighted by Crippen LogP contribution is -2.36. The Morgan fingerprint density at radius 1 is 1.19 bits per heavy atom. The van der Waals surface area contributed by atoms with Gasteiger partial charge in [-0.2, -0.15) is 4.98 Å². The minimum absolute atomic E-state index is 0.0172. The van der Waals surface area contributed by atoms with Gasteiger partial charge in [0.05, 0.1) is 6.04 Å². The highest BCUT2D eigenvalue weighted by atomic mass is 16.5. The first-order valence-corrected chi connectivity index (χ1v) is 8.92. The summed E-state index contributed by atoms with van der Waals surface area (Å²) in [5.41, 5.74) is 2.67. The van der Waals surface area contributed by atoms with Crippen molar-refractivity contribution in [1.29, 1.82) is 0 Å². The van der Waals surface area contributed by atoms with E-state index in [1.807, 2.05) is 50.4 Å². The Morgan fingerprint density at radius 3 is 2.67 bits per heavy atom. The van der Waals surface area contributed by atoms with E-state index < -0.39 is 0 Å². The number of benzene rings is 1. The standard InChI is InChI=1S/C20H21N5O2/c1-13-3-5-15(6-4-13)19(26)22-16-11-17(25(2)12-16)20-23-18(24-27-20)14-7-9-21-10-8-14/h3-10,16-17H,11-12H2,1-2H3,(H,22,26)/t16-,17+/m1/s1. The van der Waals surface area contributed by atoms with Crippen LogP contribution in [0.2, 0.25) is 0 Å². The van der Waals surface area contributed by atoms with E-state index in [1.165, 1.54) is 0 Å². The van der Waals surface area contributed by atoms with Crippen molar-refractivity contribution in [2.75, 3.05) is 13.6 Å². The van der Waals surface area contributed by atoms with Gasteiger partial charge in [-0.15, -0.1) is 0 Å². The second-order valence-corrected chi connectivity index (χ2v) is 6.92. The van der Waals surface area contributed by atoms with E-state index in [4.69, 9.17) is 4.52 Å². The average molecular weight is 363 g/mol. The van der Waals surface area contributed by atoms with Crippen LogP contribution in [0.5, 0.6) is 0 Å². The number of likely N-dealkylation sites (tertiary alicyclic amines) is 1. The lowest BCUT2D eigenvalue weighted by molar-refractivity contribution is 0.0938. The van der Waals surface area contributed by atoms with E-state index in [-0.39, 0.29) is 18.0 Å². The first-order valence-electron chi connectivity index (χ1n) is 8.92. The van der Waals surface area contributed by atoms with Crippen LogP contribution < -0.4 is 5.32 Å². The minimum atomic E-state index is -0.0583. The van der Waals surface area contributed by atoms with E-state index >= 15 is 0 Å². The molecule has 3 heterocycles. The molecular weight excluding hydrogens is 342 g/mol. The van der Waals surface area contributed by atoms with Crippen molar-refractivity contribution in [2.45, 2.75) is 25.4 Å². The molecule has 2 atom stereocenters. The van der Waals surface area contributed by atoms with E-state index in [2.05, 4.69) is 25.3 Å². The summed E-state index contributed by atoms with van der Waals surface area (Å²) in [4.78, 5) is 23.1. The molecule has 1 aliphatic heterocycles. The van der Waals surface area contributed by atoms with E-state index in [9.17, 15) is 4.79 Å². The van der Waals surface area contributed by atoms with Gasteiger partial charge >= 0.3 is 0 Å². The third-order valence-electron chi connectivity index (χ3n) is 4.86. The van der Waals surface area contributed by atoms with Crippen LogP contribution in [0.3, 0.4) is 0 Å². The maximum Gasteiger partial charge on any atom is 0.251 e. The molecule has 0 unspecified atom stereocenters. The summed E-state index contributed by atoms with van der Waals surface area (Å²) in [7, 11) is 2.00. The zero-order valence-corrected chi connectivity index (χ0v) is 15.3. The summed E-state index contributed by atoms with van der Waals surface area (Å²) in [6.45, 7) is 2.73. The third-order valence-corrected chi connectivity index (χ3v) is 4.86. The smallest absolute Gasteiger partial charge is 0.251 e. The molecule has 0 radical (unpaired) electrons. The van der Waals surface area contributed by atoms with Gasteiger partial charge in [-0.25, -0.2) is 0 Å². The number of rotatable bonds is 4.